The summed E-state index contributed by atoms with van der Waals surface area (Å²) in [6, 6.07) is 18.5. The molecule has 0 radical (unpaired) electrons. The van der Waals surface area contributed by atoms with Crippen molar-refractivity contribution in [3.05, 3.63) is 84.4 Å². The third kappa shape index (κ3) is 4.83. The SMILES string of the molecule is CN(C)C(=O)[C@]1(Cc2ccccc2-c2ccncc2)CCCN(Cc2ccccn2)C1. The minimum absolute atomic E-state index is 0.211. The van der Waals surface area contributed by atoms with E-state index in [9.17, 15) is 4.79 Å². The van der Waals surface area contributed by atoms with E-state index in [4.69, 9.17) is 0 Å². The van der Waals surface area contributed by atoms with Crippen LogP contribution in [0.3, 0.4) is 0 Å². The Morgan fingerprint density at radius 1 is 1.03 bits per heavy atom. The van der Waals surface area contributed by atoms with Gasteiger partial charge in [-0.25, -0.2) is 0 Å². The largest absolute Gasteiger partial charge is 0.348 e. The summed E-state index contributed by atoms with van der Waals surface area (Å²) in [6.45, 7) is 2.51. The second-order valence-corrected chi connectivity index (χ2v) is 8.69. The molecule has 31 heavy (non-hydrogen) atoms. The molecule has 0 saturated carbocycles. The molecule has 1 aromatic carbocycles. The Labute approximate surface area is 184 Å². The van der Waals surface area contributed by atoms with Crippen LogP contribution in [-0.2, 0) is 17.8 Å². The Hall–Kier alpha value is -3.05. The van der Waals surface area contributed by atoms with E-state index in [2.05, 4.69) is 45.2 Å². The minimum atomic E-state index is -0.445. The number of piperidine rings is 1. The topological polar surface area (TPSA) is 49.3 Å². The lowest BCUT2D eigenvalue weighted by atomic mass is 9.73. The fraction of sp³-hybridized carbons (Fsp3) is 0.346. The number of benzene rings is 1. The van der Waals surface area contributed by atoms with E-state index in [0.29, 0.717) is 0 Å². The molecular weight excluding hydrogens is 384 g/mol. The van der Waals surface area contributed by atoms with Gasteiger partial charge < -0.3 is 4.90 Å². The van der Waals surface area contributed by atoms with Crippen LogP contribution < -0.4 is 0 Å². The fourth-order valence-corrected chi connectivity index (χ4v) is 4.80. The zero-order valence-electron chi connectivity index (χ0n) is 18.4. The number of carbonyl (C=O) groups is 1. The normalized spacial score (nSPS) is 19.2. The van der Waals surface area contributed by atoms with Crippen molar-refractivity contribution in [1.29, 1.82) is 0 Å². The second-order valence-electron chi connectivity index (χ2n) is 8.69. The predicted octanol–water partition coefficient (Wildman–Crippen LogP) is 4.06. The van der Waals surface area contributed by atoms with Crippen LogP contribution in [0.1, 0.15) is 24.1 Å². The van der Waals surface area contributed by atoms with Gasteiger partial charge in [0.05, 0.1) is 11.1 Å². The summed E-state index contributed by atoms with van der Waals surface area (Å²) in [4.78, 5) is 26.4. The fourth-order valence-electron chi connectivity index (χ4n) is 4.80. The Morgan fingerprint density at radius 3 is 2.55 bits per heavy atom. The minimum Gasteiger partial charge on any atom is -0.348 e. The molecule has 0 N–H and O–H groups in total. The third-order valence-electron chi connectivity index (χ3n) is 6.17. The number of likely N-dealkylation sites (tertiary alicyclic amines) is 1. The molecule has 3 heterocycles. The molecule has 160 valence electrons. The molecule has 5 heteroatoms. The number of aromatic nitrogens is 2. The molecule has 1 saturated heterocycles. The number of amides is 1. The number of rotatable bonds is 6. The van der Waals surface area contributed by atoms with E-state index < -0.39 is 5.41 Å². The van der Waals surface area contributed by atoms with Gasteiger partial charge >= 0.3 is 0 Å². The first kappa shape index (κ1) is 21.2. The van der Waals surface area contributed by atoms with Crippen LogP contribution in [0.2, 0.25) is 0 Å². The van der Waals surface area contributed by atoms with Crippen molar-refractivity contribution in [3.63, 3.8) is 0 Å². The highest BCUT2D eigenvalue weighted by Crippen LogP contribution is 2.38. The average Bonchev–Trinajstić information content (AvgIpc) is 2.80. The molecule has 4 rings (SSSR count). The second kappa shape index (κ2) is 9.40. The smallest absolute Gasteiger partial charge is 0.229 e. The maximum absolute atomic E-state index is 13.5. The molecule has 5 nitrogen and oxygen atoms in total. The lowest BCUT2D eigenvalue weighted by molar-refractivity contribution is -0.143. The summed E-state index contributed by atoms with van der Waals surface area (Å²) in [5.41, 5.74) is 4.13. The van der Waals surface area contributed by atoms with Crippen LogP contribution in [0, 0.1) is 5.41 Å². The number of carbonyl (C=O) groups excluding carboxylic acids is 1. The van der Waals surface area contributed by atoms with Crippen molar-refractivity contribution in [2.24, 2.45) is 5.41 Å². The standard InChI is InChI=1S/C26H30N4O/c1-29(2)25(31)26(13-7-17-30(20-26)19-23-9-5-6-14-28-23)18-22-8-3-4-10-24(22)21-11-15-27-16-12-21/h3-6,8-12,14-16H,7,13,17-20H2,1-2H3/t26-/m0/s1. The first-order valence-corrected chi connectivity index (χ1v) is 10.9. The van der Waals surface area contributed by atoms with Crippen molar-refractivity contribution < 1.29 is 4.79 Å². The highest BCUT2D eigenvalue weighted by atomic mass is 16.2. The Balaban J connectivity index is 1.66. The van der Waals surface area contributed by atoms with Crippen LogP contribution in [0.15, 0.2) is 73.2 Å². The van der Waals surface area contributed by atoms with Gasteiger partial charge in [0.25, 0.3) is 0 Å². The molecule has 2 aromatic heterocycles. The van der Waals surface area contributed by atoms with Gasteiger partial charge in [-0.1, -0.05) is 30.3 Å². The number of nitrogens with zero attached hydrogens (tertiary/aromatic N) is 4. The maximum Gasteiger partial charge on any atom is 0.229 e. The molecule has 0 aliphatic carbocycles. The van der Waals surface area contributed by atoms with Gasteiger partial charge in [0.1, 0.15) is 0 Å². The molecule has 1 aliphatic heterocycles. The molecule has 1 atom stereocenters. The lowest BCUT2D eigenvalue weighted by Gasteiger charge is -2.43. The lowest BCUT2D eigenvalue weighted by Crippen LogP contribution is -2.52. The van der Waals surface area contributed by atoms with Gasteiger partial charge in [-0.15, -0.1) is 0 Å². The summed E-state index contributed by atoms with van der Waals surface area (Å²) in [7, 11) is 3.74. The van der Waals surface area contributed by atoms with Gasteiger partial charge in [-0.2, -0.15) is 0 Å². The molecule has 1 aliphatic rings. The van der Waals surface area contributed by atoms with Crippen molar-refractivity contribution in [3.8, 4) is 11.1 Å². The first-order chi connectivity index (χ1) is 15.1. The quantitative estimate of drug-likeness (QED) is 0.610. The molecule has 0 unspecified atom stereocenters. The van der Waals surface area contributed by atoms with E-state index in [0.717, 1.165) is 50.2 Å². The number of pyridine rings is 2. The molecule has 0 bridgehead atoms. The third-order valence-corrected chi connectivity index (χ3v) is 6.17. The monoisotopic (exact) mass is 414 g/mol. The molecule has 1 fully saturated rings. The van der Waals surface area contributed by atoms with E-state index in [1.54, 1.807) is 4.90 Å². The van der Waals surface area contributed by atoms with Crippen molar-refractivity contribution >= 4 is 5.91 Å². The van der Waals surface area contributed by atoms with E-state index in [-0.39, 0.29) is 5.91 Å². The Morgan fingerprint density at radius 2 is 1.81 bits per heavy atom. The molecule has 0 spiro atoms. The maximum atomic E-state index is 13.5. The van der Waals surface area contributed by atoms with Crippen LogP contribution in [0.25, 0.3) is 11.1 Å². The van der Waals surface area contributed by atoms with Crippen LogP contribution in [0.4, 0.5) is 0 Å². The predicted molar refractivity (Wildman–Crippen MR) is 123 cm³/mol. The highest BCUT2D eigenvalue weighted by molar-refractivity contribution is 5.83. The number of hydrogen-bond acceptors (Lipinski definition) is 4. The number of hydrogen-bond donors (Lipinski definition) is 0. The van der Waals surface area contributed by atoms with Crippen LogP contribution >= 0.6 is 0 Å². The summed E-state index contributed by atoms with van der Waals surface area (Å²) in [5.74, 6) is 0.211. The van der Waals surface area contributed by atoms with Gasteiger partial charge in [-0.3, -0.25) is 19.7 Å². The molecule has 1 amide bonds. The van der Waals surface area contributed by atoms with Gasteiger partial charge in [0.2, 0.25) is 5.91 Å². The summed E-state index contributed by atoms with van der Waals surface area (Å²) in [5, 5.41) is 0. The summed E-state index contributed by atoms with van der Waals surface area (Å²) in [6.07, 6.45) is 8.10. The van der Waals surface area contributed by atoms with Gasteiger partial charge in [0.15, 0.2) is 0 Å². The van der Waals surface area contributed by atoms with Crippen LogP contribution in [0.5, 0.6) is 0 Å². The van der Waals surface area contributed by atoms with Crippen molar-refractivity contribution in [2.45, 2.75) is 25.8 Å². The first-order valence-electron chi connectivity index (χ1n) is 10.9. The average molecular weight is 415 g/mol. The van der Waals surface area contributed by atoms with Gasteiger partial charge in [-0.05, 0) is 66.8 Å². The summed E-state index contributed by atoms with van der Waals surface area (Å²) < 4.78 is 0. The van der Waals surface area contributed by atoms with E-state index in [1.165, 1.54) is 11.1 Å². The van der Waals surface area contributed by atoms with E-state index in [1.807, 2.05) is 57.0 Å². The molecular formula is C26H30N4O. The zero-order chi connectivity index (χ0) is 21.7. The van der Waals surface area contributed by atoms with Gasteiger partial charge in [0, 0.05) is 45.8 Å². The zero-order valence-corrected chi connectivity index (χ0v) is 18.4. The van der Waals surface area contributed by atoms with Crippen molar-refractivity contribution in [1.82, 2.24) is 19.8 Å². The summed E-state index contributed by atoms with van der Waals surface area (Å²) >= 11 is 0. The van der Waals surface area contributed by atoms with Crippen molar-refractivity contribution in [2.75, 3.05) is 27.2 Å². The highest BCUT2D eigenvalue weighted by Gasteiger charge is 2.43. The van der Waals surface area contributed by atoms with E-state index >= 15 is 0 Å². The Bertz CT molecular complexity index is 1010. The Kier molecular flexibility index (Phi) is 6.42. The van der Waals surface area contributed by atoms with Crippen LogP contribution in [-0.4, -0.2) is 52.9 Å². The molecule has 3 aromatic rings.